The van der Waals surface area contributed by atoms with Crippen LogP contribution in [0.15, 0.2) is 23.8 Å². The number of allylic oxidation sites excluding steroid dienone is 1. The summed E-state index contributed by atoms with van der Waals surface area (Å²) in [5.41, 5.74) is 1.24. The van der Waals surface area contributed by atoms with E-state index in [0.717, 1.165) is 18.4 Å². The lowest BCUT2D eigenvalue weighted by atomic mass is 9.82. The van der Waals surface area contributed by atoms with E-state index in [1.165, 1.54) is 6.92 Å². The number of fused-ring (bicyclic) bond motifs is 3. The van der Waals surface area contributed by atoms with Crippen molar-refractivity contribution >= 4 is 11.9 Å². The van der Waals surface area contributed by atoms with Crippen LogP contribution >= 0.6 is 0 Å². The van der Waals surface area contributed by atoms with E-state index >= 15 is 0 Å². The maximum absolute atomic E-state index is 12.0. The molecule has 0 radical (unpaired) electrons. The molecule has 0 aromatic carbocycles. The minimum Gasteiger partial charge on any atom is -0.461 e. The zero-order valence-corrected chi connectivity index (χ0v) is 13.3. The molecule has 2 fully saturated rings. The molecular weight excluding hydrogens is 284 g/mol. The number of carbonyl (C=O) groups excluding carboxylic acids is 2. The zero-order valence-electron chi connectivity index (χ0n) is 13.3. The molecule has 2 aliphatic heterocycles. The van der Waals surface area contributed by atoms with Crippen molar-refractivity contribution in [1.82, 2.24) is 0 Å². The monoisotopic (exact) mass is 306 g/mol. The van der Waals surface area contributed by atoms with Gasteiger partial charge < -0.3 is 14.2 Å². The van der Waals surface area contributed by atoms with Crippen molar-refractivity contribution < 1.29 is 23.8 Å². The summed E-state index contributed by atoms with van der Waals surface area (Å²) < 4.78 is 16.8. The van der Waals surface area contributed by atoms with Gasteiger partial charge in [-0.25, -0.2) is 4.79 Å². The molecular formula is C17H22O5. The Morgan fingerprint density at radius 1 is 1.50 bits per heavy atom. The molecule has 0 aromatic rings. The lowest BCUT2D eigenvalue weighted by molar-refractivity contribution is -0.150. The molecule has 0 amide bonds. The Kier molecular flexibility index (Phi) is 3.63. The van der Waals surface area contributed by atoms with Crippen LogP contribution in [0.4, 0.5) is 0 Å². The lowest BCUT2D eigenvalue weighted by Gasteiger charge is -2.27. The van der Waals surface area contributed by atoms with Crippen LogP contribution in [-0.2, 0) is 23.8 Å². The number of rotatable bonds is 1. The molecule has 120 valence electrons. The van der Waals surface area contributed by atoms with Gasteiger partial charge in [-0.05, 0) is 26.7 Å². The molecule has 1 aliphatic carbocycles. The van der Waals surface area contributed by atoms with Crippen molar-refractivity contribution in [2.75, 3.05) is 0 Å². The maximum atomic E-state index is 12.0. The predicted octanol–water partition coefficient (Wildman–Crippen LogP) is 2.30. The summed E-state index contributed by atoms with van der Waals surface area (Å²) in [5.74, 6) is -1.12. The number of carbonyl (C=O) groups is 2. The van der Waals surface area contributed by atoms with Crippen molar-refractivity contribution in [3.05, 3.63) is 23.8 Å². The molecule has 0 unspecified atom stereocenters. The standard InChI is InChI=1S/C17H22O5/c1-9-6-5-7-17(4)15(22-17)14-13(10(2)16(19)21-14)12(8-9)20-11(3)18/h6,12-15H,2,5,7-8H2,1,3-4H3/b9-6-/t12-,13+,14-,15-,17+/m0/s1. The van der Waals surface area contributed by atoms with Gasteiger partial charge in [0.25, 0.3) is 0 Å². The van der Waals surface area contributed by atoms with E-state index in [9.17, 15) is 9.59 Å². The highest BCUT2D eigenvalue weighted by Crippen LogP contribution is 2.50. The van der Waals surface area contributed by atoms with Gasteiger partial charge in [-0.3, -0.25) is 4.79 Å². The topological polar surface area (TPSA) is 65.1 Å². The molecule has 0 spiro atoms. The molecule has 3 aliphatic rings. The average molecular weight is 306 g/mol. The average Bonchev–Trinajstić information content (AvgIpc) is 2.98. The van der Waals surface area contributed by atoms with Crippen LogP contribution in [0, 0.1) is 5.92 Å². The molecule has 0 aromatic heterocycles. The number of epoxide rings is 1. The number of esters is 2. The summed E-state index contributed by atoms with van der Waals surface area (Å²) in [4.78, 5) is 23.5. The van der Waals surface area contributed by atoms with Gasteiger partial charge >= 0.3 is 11.9 Å². The minimum atomic E-state index is -0.441. The number of hydrogen-bond acceptors (Lipinski definition) is 5. The fourth-order valence-corrected chi connectivity index (χ4v) is 3.63. The molecule has 0 saturated carbocycles. The molecule has 2 heterocycles. The normalized spacial score (nSPS) is 43.3. The highest BCUT2D eigenvalue weighted by Gasteiger charge is 2.63. The van der Waals surface area contributed by atoms with Gasteiger partial charge in [0.2, 0.25) is 0 Å². The third-order valence-electron chi connectivity index (χ3n) is 4.88. The Morgan fingerprint density at radius 3 is 2.91 bits per heavy atom. The van der Waals surface area contributed by atoms with Gasteiger partial charge in [-0.15, -0.1) is 0 Å². The van der Waals surface area contributed by atoms with Crippen LogP contribution in [0.3, 0.4) is 0 Å². The third kappa shape index (κ3) is 2.58. The molecule has 0 N–H and O–H groups in total. The van der Waals surface area contributed by atoms with Gasteiger partial charge in [-0.1, -0.05) is 18.2 Å². The molecule has 3 rings (SSSR count). The van der Waals surface area contributed by atoms with Crippen LogP contribution in [0.2, 0.25) is 0 Å². The van der Waals surface area contributed by atoms with Crippen LogP contribution in [0.1, 0.15) is 40.0 Å². The smallest absolute Gasteiger partial charge is 0.334 e. The molecule has 5 heteroatoms. The van der Waals surface area contributed by atoms with Gasteiger partial charge in [0.05, 0.1) is 11.5 Å². The van der Waals surface area contributed by atoms with Crippen molar-refractivity contribution in [3.8, 4) is 0 Å². The van der Waals surface area contributed by atoms with E-state index in [-0.39, 0.29) is 23.6 Å². The first kappa shape index (κ1) is 15.3. The SMILES string of the molecule is C=C1C(=O)O[C@H]2[C@H]1[C@@H](OC(C)=O)C/C(C)=C\CC[C@@]1(C)O[C@@H]21. The summed E-state index contributed by atoms with van der Waals surface area (Å²) in [7, 11) is 0. The van der Waals surface area contributed by atoms with Gasteiger partial charge in [-0.2, -0.15) is 0 Å². The Hall–Kier alpha value is -1.62. The van der Waals surface area contributed by atoms with Gasteiger partial charge in [0.15, 0.2) is 0 Å². The van der Waals surface area contributed by atoms with Crippen LogP contribution in [-0.4, -0.2) is 35.9 Å². The Morgan fingerprint density at radius 2 is 2.23 bits per heavy atom. The zero-order chi connectivity index (χ0) is 16.1. The number of hydrogen-bond donors (Lipinski definition) is 0. The minimum absolute atomic E-state index is 0.148. The fourth-order valence-electron chi connectivity index (χ4n) is 3.63. The van der Waals surface area contributed by atoms with E-state index in [4.69, 9.17) is 14.2 Å². The van der Waals surface area contributed by atoms with E-state index in [1.54, 1.807) is 0 Å². The van der Waals surface area contributed by atoms with Crippen LogP contribution in [0.25, 0.3) is 0 Å². The second-order valence-electron chi connectivity index (χ2n) is 6.71. The quantitative estimate of drug-likeness (QED) is 0.322. The summed E-state index contributed by atoms with van der Waals surface area (Å²) in [6.45, 7) is 9.30. The molecule has 5 nitrogen and oxygen atoms in total. The van der Waals surface area contributed by atoms with Crippen molar-refractivity contribution in [2.24, 2.45) is 5.92 Å². The lowest BCUT2D eigenvalue weighted by Crippen LogP contribution is -2.38. The van der Waals surface area contributed by atoms with Gasteiger partial charge in [0, 0.05) is 18.9 Å². The first-order valence-electron chi connectivity index (χ1n) is 7.72. The van der Waals surface area contributed by atoms with Crippen molar-refractivity contribution in [2.45, 2.75) is 63.9 Å². The highest BCUT2D eigenvalue weighted by molar-refractivity contribution is 5.91. The van der Waals surface area contributed by atoms with Crippen molar-refractivity contribution in [3.63, 3.8) is 0 Å². The molecule has 0 bridgehead atoms. The summed E-state index contributed by atoms with van der Waals surface area (Å²) in [5, 5.41) is 0. The number of ether oxygens (including phenoxy) is 3. The van der Waals surface area contributed by atoms with E-state index in [1.807, 2.05) is 13.8 Å². The highest BCUT2D eigenvalue weighted by atomic mass is 16.6. The molecule has 2 saturated heterocycles. The second-order valence-corrected chi connectivity index (χ2v) is 6.71. The van der Waals surface area contributed by atoms with E-state index in [0.29, 0.717) is 12.0 Å². The Bertz CT molecular complexity index is 563. The molecule has 5 atom stereocenters. The third-order valence-corrected chi connectivity index (χ3v) is 4.88. The largest absolute Gasteiger partial charge is 0.461 e. The first-order valence-corrected chi connectivity index (χ1v) is 7.72. The van der Waals surface area contributed by atoms with E-state index in [2.05, 4.69) is 12.7 Å². The van der Waals surface area contributed by atoms with Gasteiger partial charge in [0.1, 0.15) is 18.3 Å². The van der Waals surface area contributed by atoms with Crippen LogP contribution < -0.4 is 0 Å². The Labute approximate surface area is 130 Å². The first-order chi connectivity index (χ1) is 10.3. The predicted molar refractivity (Wildman–Crippen MR) is 79.0 cm³/mol. The van der Waals surface area contributed by atoms with E-state index < -0.39 is 18.2 Å². The Balaban J connectivity index is 1.96. The second kappa shape index (κ2) is 5.23. The van der Waals surface area contributed by atoms with Crippen molar-refractivity contribution in [1.29, 1.82) is 0 Å². The van der Waals surface area contributed by atoms with Crippen LogP contribution in [0.5, 0.6) is 0 Å². The summed E-state index contributed by atoms with van der Waals surface area (Å²) >= 11 is 0. The summed E-state index contributed by atoms with van der Waals surface area (Å²) in [6, 6.07) is 0. The molecule has 22 heavy (non-hydrogen) atoms. The fraction of sp³-hybridized carbons (Fsp3) is 0.647. The summed E-state index contributed by atoms with van der Waals surface area (Å²) in [6.07, 6.45) is 3.52. The maximum Gasteiger partial charge on any atom is 0.334 e.